The molecule has 0 radical (unpaired) electrons. The molecule has 3 aromatic heterocycles. The van der Waals surface area contributed by atoms with Crippen LogP contribution in [0, 0.1) is 6.92 Å². The highest BCUT2D eigenvalue weighted by Crippen LogP contribution is 2.15. The van der Waals surface area contributed by atoms with Crippen molar-refractivity contribution in [2.45, 2.75) is 13.5 Å². The predicted octanol–water partition coefficient (Wildman–Crippen LogP) is 2.42. The van der Waals surface area contributed by atoms with Crippen molar-refractivity contribution in [2.75, 3.05) is 0 Å². The van der Waals surface area contributed by atoms with Crippen LogP contribution in [0.3, 0.4) is 0 Å². The zero-order valence-corrected chi connectivity index (χ0v) is 12.5. The van der Waals surface area contributed by atoms with E-state index in [9.17, 15) is 4.79 Å². The summed E-state index contributed by atoms with van der Waals surface area (Å²) >= 11 is 1.56. The van der Waals surface area contributed by atoms with Gasteiger partial charge in [-0.15, -0.1) is 11.3 Å². The van der Waals surface area contributed by atoms with Crippen LogP contribution in [0.2, 0.25) is 0 Å². The van der Waals surface area contributed by atoms with Crippen LogP contribution >= 0.6 is 11.3 Å². The first-order chi connectivity index (χ1) is 10.7. The van der Waals surface area contributed by atoms with E-state index in [1.54, 1.807) is 30.4 Å². The van der Waals surface area contributed by atoms with Gasteiger partial charge in [-0.2, -0.15) is 4.98 Å². The molecule has 8 heteroatoms. The van der Waals surface area contributed by atoms with Crippen LogP contribution in [0.15, 0.2) is 38.7 Å². The second kappa shape index (κ2) is 6.35. The van der Waals surface area contributed by atoms with Gasteiger partial charge in [0.2, 0.25) is 17.6 Å². The maximum atomic E-state index is 11.7. The molecule has 0 bridgehead atoms. The number of hydrogen-bond donors (Lipinski definition) is 1. The van der Waals surface area contributed by atoms with Crippen LogP contribution in [0.4, 0.5) is 0 Å². The first kappa shape index (κ1) is 14.2. The lowest BCUT2D eigenvalue weighted by Gasteiger charge is -1.95. The summed E-state index contributed by atoms with van der Waals surface area (Å²) in [4.78, 5) is 16.8. The maximum Gasteiger partial charge on any atom is 0.246 e. The van der Waals surface area contributed by atoms with Gasteiger partial charge in [0.1, 0.15) is 5.76 Å². The van der Waals surface area contributed by atoms with E-state index in [1.807, 2.05) is 17.5 Å². The van der Waals surface area contributed by atoms with Crippen molar-refractivity contribution in [2.24, 2.45) is 0 Å². The van der Waals surface area contributed by atoms with Gasteiger partial charge in [-0.3, -0.25) is 4.79 Å². The van der Waals surface area contributed by atoms with Gasteiger partial charge in [-0.1, -0.05) is 16.4 Å². The fourth-order valence-electron chi connectivity index (χ4n) is 1.67. The molecule has 7 nitrogen and oxygen atoms in total. The number of rotatable bonds is 5. The van der Waals surface area contributed by atoms with E-state index in [0.29, 0.717) is 23.2 Å². The number of nitrogens with zero attached hydrogens (tertiary/aromatic N) is 3. The Hall–Kier alpha value is -2.74. The fourth-order valence-corrected chi connectivity index (χ4v) is 2.29. The van der Waals surface area contributed by atoms with Crippen molar-refractivity contribution in [1.29, 1.82) is 0 Å². The molecule has 0 fully saturated rings. The summed E-state index contributed by atoms with van der Waals surface area (Å²) < 4.78 is 9.99. The van der Waals surface area contributed by atoms with E-state index in [-0.39, 0.29) is 12.5 Å². The predicted molar refractivity (Wildman–Crippen MR) is 79.7 cm³/mol. The Morgan fingerprint density at radius 3 is 3.05 bits per heavy atom. The average Bonchev–Trinajstić information content (AvgIpc) is 3.24. The molecular weight excluding hydrogens is 304 g/mol. The van der Waals surface area contributed by atoms with Crippen LogP contribution in [0.5, 0.6) is 0 Å². The van der Waals surface area contributed by atoms with Crippen molar-refractivity contribution in [3.05, 3.63) is 46.2 Å². The van der Waals surface area contributed by atoms with Crippen LogP contribution < -0.4 is 5.32 Å². The highest BCUT2D eigenvalue weighted by molar-refractivity contribution is 7.10. The summed E-state index contributed by atoms with van der Waals surface area (Å²) in [6.45, 7) is 1.93. The van der Waals surface area contributed by atoms with Crippen molar-refractivity contribution in [3.8, 4) is 11.5 Å². The Kier molecular flexibility index (Phi) is 4.10. The third-order valence-electron chi connectivity index (χ3n) is 2.68. The summed E-state index contributed by atoms with van der Waals surface area (Å²) in [5.74, 6) is 1.06. The molecule has 0 aromatic carbocycles. The number of carbonyl (C=O) groups excluding carboxylic acids is 1. The van der Waals surface area contributed by atoms with Gasteiger partial charge in [0.05, 0.1) is 6.54 Å². The molecule has 3 aromatic rings. The van der Waals surface area contributed by atoms with E-state index in [1.165, 1.54) is 6.08 Å². The molecule has 3 rings (SSSR count). The smallest absolute Gasteiger partial charge is 0.246 e. The molecule has 0 atom stereocenters. The Morgan fingerprint density at radius 1 is 1.41 bits per heavy atom. The van der Waals surface area contributed by atoms with E-state index < -0.39 is 0 Å². The van der Waals surface area contributed by atoms with Crippen LogP contribution in [0.1, 0.15) is 16.5 Å². The summed E-state index contributed by atoms with van der Waals surface area (Å²) in [6, 6.07) is 5.56. The number of carbonyl (C=O) groups is 1. The standard InChI is InChI=1S/C14H12N4O3S/c1-9-7-11(17-20-9)14-16-13(21-18-14)8-15-12(19)5-4-10-3-2-6-22-10/h2-7H,8H2,1H3,(H,15,19). The zero-order valence-electron chi connectivity index (χ0n) is 11.6. The first-order valence-corrected chi connectivity index (χ1v) is 7.34. The lowest BCUT2D eigenvalue weighted by atomic mass is 10.4. The van der Waals surface area contributed by atoms with Gasteiger partial charge in [0.25, 0.3) is 0 Å². The lowest BCUT2D eigenvalue weighted by molar-refractivity contribution is -0.116. The molecule has 1 amide bonds. The third kappa shape index (κ3) is 3.47. The van der Waals surface area contributed by atoms with Crippen LogP contribution in [-0.2, 0) is 11.3 Å². The molecule has 0 spiro atoms. The summed E-state index contributed by atoms with van der Waals surface area (Å²) in [5.41, 5.74) is 0.497. The van der Waals surface area contributed by atoms with Gasteiger partial charge < -0.3 is 14.4 Å². The SMILES string of the molecule is Cc1cc(-c2noc(CNC(=O)C=Cc3cccs3)n2)no1. The van der Waals surface area contributed by atoms with Crippen molar-refractivity contribution >= 4 is 23.3 Å². The number of amides is 1. The van der Waals surface area contributed by atoms with Gasteiger partial charge in [-0.05, 0) is 24.4 Å². The van der Waals surface area contributed by atoms with Crippen molar-refractivity contribution < 1.29 is 13.8 Å². The first-order valence-electron chi connectivity index (χ1n) is 6.46. The summed E-state index contributed by atoms with van der Waals surface area (Å²) in [7, 11) is 0. The highest BCUT2D eigenvalue weighted by Gasteiger charge is 2.12. The van der Waals surface area contributed by atoms with Gasteiger partial charge >= 0.3 is 0 Å². The second-order valence-electron chi connectivity index (χ2n) is 4.40. The zero-order chi connectivity index (χ0) is 15.4. The molecule has 0 aliphatic heterocycles. The molecule has 0 aliphatic rings. The average molecular weight is 316 g/mol. The summed E-state index contributed by atoms with van der Waals surface area (Å²) in [6.07, 6.45) is 3.21. The van der Waals surface area contributed by atoms with Crippen LogP contribution in [-0.4, -0.2) is 21.2 Å². The normalized spacial score (nSPS) is 11.1. The van der Waals surface area contributed by atoms with Gasteiger partial charge in [0.15, 0.2) is 5.69 Å². The quantitative estimate of drug-likeness (QED) is 0.726. The minimum absolute atomic E-state index is 0.150. The molecule has 0 aliphatic carbocycles. The molecular formula is C14H12N4O3S. The third-order valence-corrected chi connectivity index (χ3v) is 3.52. The van der Waals surface area contributed by atoms with E-state index >= 15 is 0 Å². The van der Waals surface area contributed by atoms with Gasteiger partial charge in [-0.25, -0.2) is 0 Å². The summed E-state index contributed by atoms with van der Waals surface area (Å²) in [5, 5.41) is 12.2. The van der Waals surface area contributed by atoms with Crippen molar-refractivity contribution in [3.63, 3.8) is 0 Å². The molecule has 22 heavy (non-hydrogen) atoms. The topological polar surface area (TPSA) is 94.1 Å². The van der Waals surface area contributed by atoms with E-state index in [4.69, 9.17) is 9.05 Å². The van der Waals surface area contributed by atoms with Crippen LogP contribution in [0.25, 0.3) is 17.6 Å². The second-order valence-corrected chi connectivity index (χ2v) is 5.38. The minimum atomic E-state index is -0.231. The van der Waals surface area contributed by atoms with Crippen molar-refractivity contribution in [1.82, 2.24) is 20.6 Å². The number of thiophene rings is 1. The minimum Gasteiger partial charge on any atom is -0.361 e. The largest absolute Gasteiger partial charge is 0.361 e. The molecule has 0 saturated heterocycles. The molecule has 0 saturated carbocycles. The number of aromatic nitrogens is 3. The fraction of sp³-hybridized carbons (Fsp3) is 0.143. The lowest BCUT2D eigenvalue weighted by Crippen LogP contribution is -2.20. The molecule has 112 valence electrons. The molecule has 1 N–H and O–H groups in total. The number of aryl methyl sites for hydroxylation is 1. The molecule has 3 heterocycles. The number of hydrogen-bond acceptors (Lipinski definition) is 7. The Bertz CT molecular complexity index is 789. The Morgan fingerprint density at radius 2 is 2.32 bits per heavy atom. The number of nitrogens with one attached hydrogen (secondary N) is 1. The molecule has 0 unspecified atom stereocenters. The highest BCUT2D eigenvalue weighted by atomic mass is 32.1. The Balaban J connectivity index is 1.55. The Labute approximate surface area is 129 Å². The van der Waals surface area contributed by atoms with E-state index in [0.717, 1.165) is 4.88 Å². The van der Waals surface area contributed by atoms with Gasteiger partial charge in [0, 0.05) is 17.0 Å². The monoisotopic (exact) mass is 316 g/mol. The maximum absolute atomic E-state index is 11.7. The van der Waals surface area contributed by atoms with E-state index in [2.05, 4.69) is 20.6 Å².